The van der Waals surface area contributed by atoms with Gasteiger partial charge in [0.05, 0.1) is 6.61 Å². The van der Waals surface area contributed by atoms with Gasteiger partial charge in [0.2, 0.25) is 0 Å². The van der Waals surface area contributed by atoms with Gasteiger partial charge in [-0.1, -0.05) is 39.1 Å². The average molecular weight is 322 g/mol. The summed E-state index contributed by atoms with van der Waals surface area (Å²) in [5.41, 5.74) is 0.873. The number of halogens is 1. The van der Waals surface area contributed by atoms with Crippen molar-refractivity contribution in [3.8, 4) is 0 Å². The lowest BCUT2D eigenvalue weighted by atomic mass is 10.1. The fourth-order valence-corrected chi connectivity index (χ4v) is 2.82. The number of carbonyl (C=O) groups is 2. The van der Waals surface area contributed by atoms with Gasteiger partial charge < -0.3 is 9.53 Å². The van der Waals surface area contributed by atoms with Gasteiger partial charge in [-0.3, -0.25) is 0 Å². The molecule has 0 fully saturated rings. The summed E-state index contributed by atoms with van der Waals surface area (Å²) in [6.45, 7) is 8.12. The maximum atomic E-state index is 13.4. The van der Waals surface area contributed by atoms with Crippen molar-refractivity contribution in [1.82, 2.24) is 0 Å². The summed E-state index contributed by atoms with van der Waals surface area (Å²) in [5, 5.41) is -0.0361. The molecule has 22 heavy (non-hydrogen) atoms. The van der Waals surface area contributed by atoms with Crippen molar-refractivity contribution in [2.24, 2.45) is 0 Å². The van der Waals surface area contributed by atoms with Crippen LogP contribution >= 0.6 is 0 Å². The maximum Gasteiger partial charge on any atom is 0.330 e. The highest BCUT2D eigenvalue weighted by molar-refractivity contribution is 7.05. The molecule has 0 amide bonds. The summed E-state index contributed by atoms with van der Waals surface area (Å²) in [6.07, 6.45) is 4.56. The Morgan fingerprint density at radius 1 is 1.27 bits per heavy atom. The van der Waals surface area contributed by atoms with E-state index in [9.17, 15) is 14.0 Å². The van der Waals surface area contributed by atoms with Gasteiger partial charge in [-0.2, -0.15) is 0 Å². The van der Waals surface area contributed by atoms with Gasteiger partial charge in [0, 0.05) is 11.6 Å². The number of ether oxygens (including phenoxy) is 1. The molecule has 0 bridgehead atoms. The van der Waals surface area contributed by atoms with Crippen LogP contribution in [0, 0.1) is 5.82 Å². The van der Waals surface area contributed by atoms with E-state index in [1.165, 1.54) is 30.4 Å². The van der Waals surface area contributed by atoms with Crippen molar-refractivity contribution in [1.29, 1.82) is 0 Å². The highest BCUT2D eigenvalue weighted by Gasteiger charge is 2.27. The van der Waals surface area contributed by atoms with Gasteiger partial charge in [0.15, 0.2) is 0 Å². The number of esters is 1. The molecule has 0 aliphatic carbocycles. The van der Waals surface area contributed by atoms with E-state index in [0.29, 0.717) is 17.7 Å². The lowest BCUT2D eigenvalue weighted by molar-refractivity contribution is -0.137. The Morgan fingerprint density at radius 2 is 1.95 bits per heavy atom. The molecule has 120 valence electrons. The van der Waals surface area contributed by atoms with Gasteiger partial charge in [0.25, 0.3) is 0 Å². The SMILES string of the molecule is CCCCOC(=O)/C=C\c1ccc(F)cc1C(=O)[Si](C)(C)C. The standard InChI is InChI=1S/C17H23FO3Si/c1-5-6-11-21-16(19)10-8-13-7-9-14(18)12-15(13)17(20)22(2,3)4/h7-10,12H,5-6,11H2,1-4H3/b10-8-. The summed E-state index contributed by atoms with van der Waals surface area (Å²) in [4.78, 5) is 24.0. The van der Waals surface area contributed by atoms with Crippen molar-refractivity contribution in [2.45, 2.75) is 39.4 Å². The monoisotopic (exact) mass is 322 g/mol. The molecule has 0 saturated carbocycles. The molecule has 0 aliphatic heterocycles. The number of unbranched alkanes of at least 4 members (excludes halogenated alkanes) is 1. The van der Waals surface area contributed by atoms with Crippen LogP contribution in [0.15, 0.2) is 24.3 Å². The molecule has 0 radical (unpaired) electrons. The molecule has 0 spiro atoms. The van der Waals surface area contributed by atoms with Crippen molar-refractivity contribution >= 4 is 25.5 Å². The molecule has 3 nitrogen and oxygen atoms in total. The Hall–Kier alpha value is -1.75. The third kappa shape index (κ3) is 5.56. The van der Waals surface area contributed by atoms with Gasteiger partial charge >= 0.3 is 5.97 Å². The predicted octanol–water partition coefficient (Wildman–Crippen LogP) is 4.24. The summed E-state index contributed by atoms with van der Waals surface area (Å²) < 4.78 is 18.5. The highest BCUT2D eigenvalue weighted by atomic mass is 28.3. The zero-order chi connectivity index (χ0) is 16.8. The molecule has 5 heteroatoms. The van der Waals surface area contributed by atoms with Crippen molar-refractivity contribution in [3.63, 3.8) is 0 Å². The molecule has 1 aromatic rings. The number of rotatable bonds is 7. The first kappa shape index (κ1) is 18.3. The first-order valence-corrected chi connectivity index (χ1v) is 10.9. The fourth-order valence-electron chi connectivity index (χ4n) is 1.80. The first-order valence-electron chi connectivity index (χ1n) is 7.45. The Labute approximate surface area is 132 Å². The number of benzene rings is 1. The van der Waals surface area contributed by atoms with E-state index in [2.05, 4.69) is 0 Å². The van der Waals surface area contributed by atoms with Crippen LogP contribution < -0.4 is 0 Å². The Bertz CT molecular complexity index is 574. The predicted molar refractivity (Wildman–Crippen MR) is 89.0 cm³/mol. The average Bonchev–Trinajstić information content (AvgIpc) is 2.44. The second-order valence-electron chi connectivity index (χ2n) is 6.17. The topological polar surface area (TPSA) is 43.4 Å². The molecule has 0 aromatic heterocycles. The second-order valence-corrected chi connectivity index (χ2v) is 11.1. The van der Waals surface area contributed by atoms with Gasteiger partial charge in [-0.25, -0.2) is 9.18 Å². The minimum absolute atomic E-state index is 0.0361. The quantitative estimate of drug-likeness (QED) is 0.326. The van der Waals surface area contributed by atoms with E-state index in [1.54, 1.807) is 0 Å². The Kier molecular flexibility index (Phi) is 6.68. The van der Waals surface area contributed by atoms with E-state index >= 15 is 0 Å². The minimum atomic E-state index is -2.09. The zero-order valence-electron chi connectivity index (χ0n) is 13.6. The van der Waals surface area contributed by atoms with Crippen LogP contribution in [0.1, 0.15) is 35.7 Å². The van der Waals surface area contributed by atoms with Crippen LogP contribution in [0.5, 0.6) is 0 Å². The van der Waals surface area contributed by atoms with Crippen molar-refractivity contribution in [2.75, 3.05) is 6.61 Å². The maximum absolute atomic E-state index is 13.4. The highest BCUT2D eigenvalue weighted by Crippen LogP contribution is 2.19. The molecule has 0 unspecified atom stereocenters. The number of hydrogen-bond acceptors (Lipinski definition) is 3. The molecular weight excluding hydrogens is 299 g/mol. The van der Waals surface area contributed by atoms with Crippen molar-refractivity contribution in [3.05, 3.63) is 41.2 Å². The lowest BCUT2D eigenvalue weighted by Gasteiger charge is -2.16. The zero-order valence-corrected chi connectivity index (χ0v) is 14.6. The van der Waals surface area contributed by atoms with E-state index in [1.807, 2.05) is 26.6 Å². The van der Waals surface area contributed by atoms with E-state index in [4.69, 9.17) is 4.74 Å². The Balaban J connectivity index is 2.96. The molecule has 0 heterocycles. The number of hydrogen-bond donors (Lipinski definition) is 0. The van der Waals surface area contributed by atoms with E-state index in [0.717, 1.165) is 12.8 Å². The van der Waals surface area contributed by atoms with Crippen LogP contribution in [-0.2, 0) is 9.53 Å². The van der Waals surface area contributed by atoms with E-state index < -0.39 is 19.9 Å². The second kappa shape index (κ2) is 8.03. The van der Waals surface area contributed by atoms with Crippen LogP contribution in [0.4, 0.5) is 4.39 Å². The van der Waals surface area contributed by atoms with Crippen molar-refractivity contribution < 1.29 is 18.7 Å². The smallest absolute Gasteiger partial charge is 0.330 e. The Morgan fingerprint density at radius 3 is 2.55 bits per heavy atom. The molecule has 0 saturated heterocycles. The molecule has 1 aromatic carbocycles. The summed E-state index contributed by atoms with van der Waals surface area (Å²) in [7, 11) is -2.09. The normalized spacial score (nSPS) is 11.7. The molecule has 0 N–H and O–H groups in total. The molecule has 0 aliphatic rings. The lowest BCUT2D eigenvalue weighted by Crippen LogP contribution is -2.33. The summed E-state index contributed by atoms with van der Waals surface area (Å²) in [5.74, 6) is -0.909. The van der Waals surface area contributed by atoms with Gasteiger partial charge in [0.1, 0.15) is 19.3 Å². The van der Waals surface area contributed by atoms with Crippen LogP contribution in [0.3, 0.4) is 0 Å². The minimum Gasteiger partial charge on any atom is -0.463 e. The first-order chi connectivity index (χ1) is 10.3. The van der Waals surface area contributed by atoms with Gasteiger partial charge in [-0.15, -0.1) is 0 Å². The molecule has 1 rings (SSSR count). The third-order valence-corrected chi connectivity index (χ3v) is 4.71. The summed E-state index contributed by atoms with van der Waals surface area (Å²) >= 11 is 0. The van der Waals surface area contributed by atoms with Gasteiger partial charge in [-0.05, 0) is 30.2 Å². The number of carbonyl (C=O) groups excluding carboxylic acids is 2. The largest absolute Gasteiger partial charge is 0.463 e. The third-order valence-electron chi connectivity index (χ3n) is 3.08. The summed E-state index contributed by atoms with van der Waals surface area (Å²) in [6, 6.07) is 4.03. The fraction of sp³-hybridized carbons (Fsp3) is 0.412. The van der Waals surface area contributed by atoms with Crippen LogP contribution in [0.2, 0.25) is 19.6 Å². The molecular formula is C17H23FO3Si. The van der Waals surface area contributed by atoms with E-state index in [-0.39, 0.29) is 5.41 Å². The molecule has 0 atom stereocenters. The van der Waals surface area contributed by atoms with Crippen LogP contribution in [0.25, 0.3) is 6.08 Å². The van der Waals surface area contributed by atoms with Crippen LogP contribution in [-0.4, -0.2) is 26.1 Å².